The molecule has 8 nitrogen and oxygen atoms in total. The summed E-state index contributed by atoms with van der Waals surface area (Å²) in [5, 5.41) is 13.1. The number of piperidine rings is 1. The number of rotatable bonds is 6. The van der Waals surface area contributed by atoms with E-state index in [1.165, 1.54) is 12.8 Å². The number of aromatic nitrogens is 1. The van der Waals surface area contributed by atoms with Crippen molar-refractivity contribution in [2.45, 2.75) is 83.0 Å². The third-order valence-corrected chi connectivity index (χ3v) is 9.65. The Balaban J connectivity index is 1.30. The maximum absolute atomic E-state index is 14.0. The monoisotopic (exact) mass is 593 g/mol. The highest BCUT2D eigenvalue weighted by atomic mass is 16.5. The van der Waals surface area contributed by atoms with Crippen molar-refractivity contribution in [2.24, 2.45) is 0 Å². The summed E-state index contributed by atoms with van der Waals surface area (Å²) in [5.74, 6) is 0.979. The van der Waals surface area contributed by atoms with Crippen LogP contribution in [0.15, 0.2) is 59.5 Å². The molecule has 3 aliphatic heterocycles. The molecule has 1 unspecified atom stereocenters. The molecule has 0 spiro atoms. The maximum Gasteiger partial charge on any atom is 0.257 e. The van der Waals surface area contributed by atoms with Crippen molar-refractivity contribution >= 4 is 33.3 Å². The van der Waals surface area contributed by atoms with Gasteiger partial charge in [0.2, 0.25) is 5.43 Å². The molecule has 2 fully saturated rings. The van der Waals surface area contributed by atoms with Crippen LogP contribution in [-0.2, 0) is 0 Å². The van der Waals surface area contributed by atoms with Gasteiger partial charge in [-0.1, -0.05) is 24.3 Å². The predicted molar refractivity (Wildman–Crippen MR) is 178 cm³/mol. The molecule has 4 aromatic rings. The van der Waals surface area contributed by atoms with Crippen molar-refractivity contribution in [1.82, 2.24) is 20.1 Å². The topological polar surface area (TPSA) is 87.6 Å². The second-order valence-corrected chi connectivity index (χ2v) is 14.3. The summed E-state index contributed by atoms with van der Waals surface area (Å²) in [4.78, 5) is 30.3. The SMILES string of the molecule is CN1CCCC1CCNc1ccc2c(=O)c(C(=O)NC3CC(C)(C)NC(C)(C)C3)cn3c2c1Oc1cc2ccccc2cc1-3. The van der Waals surface area contributed by atoms with Gasteiger partial charge in [0.25, 0.3) is 5.91 Å². The third kappa shape index (κ3) is 5.24. The van der Waals surface area contributed by atoms with Crippen molar-refractivity contribution in [3.63, 3.8) is 0 Å². The number of pyridine rings is 1. The molecule has 3 N–H and O–H groups in total. The molecular weight excluding hydrogens is 550 g/mol. The zero-order valence-corrected chi connectivity index (χ0v) is 26.4. The van der Waals surface area contributed by atoms with Gasteiger partial charge in [0.15, 0.2) is 11.5 Å². The molecule has 2 saturated heterocycles. The zero-order valence-electron chi connectivity index (χ0n) is 26.4. The minimum Gasteiger partial charge on any atom is -0.451 e. The number of carbonyl (C=O) groups excluding carboxylic acids is 1. The maximum atomic E-state index is 14.0. The van der Waals surface area contributed by atoms with Gasteiger partial charge in [0.05, 0.1) is 16.8 Å². The van der Waals surface area contributed by atoms with E-state index >= 15 is 0 Å². The molecule has 4 heterocycles. The molecule has 44 heavy (non-hydrogen) atoms. The average molecular weight is 594 g/mol. The van der Waals surface area contributed by atoms with Crippen LogP contribution in [0.1, 0.15) is 70.2 Å². The van der Waals surface area contributed by atoms with Crippen LogP contribution in [0.5, 0.6) is 11.5 Å². The van der Waals surface area contributed by atoms with Gasteiger partial charge in [-0.2, -0.15) is 0 Å². The number of likely N-dealkylation sites (tertiary alicyclic amines) is 1. The minimum absolute atomic E-state index is 0.0502. The summed E-state index contributed by atoms with van der Waals surface area (Å²) in [6.07, 6.45) is 6.77. The van der Waals surface area contributed by atoms with Crippen molar-refractivity contribution in [3.05, 3.63) is 70.5 Å². The Morgan fingerprint density at radius 2 is 1.77 bits per heavy atom. The Bertz CT molecular complexity index is 1830. The lowest BCUT2D eigenvalue weighted by Gasteiger charge is -2.46. The second kappa shape index (κ2) is 10.6. The molecule has 0 bridgehead atoms. The number of benzene rings is 3. The lowest BCUT2D eigenvalue weighted by Crippen LogP contribution is -2.62. The summed E-state index contributed by atoms with van der Waals surface area (Å²) in [6, 6.07) is 16.6. The number of fused-ring (bicyclic) bond motifs is 3. The van der Waals surface area contributed by atoms with E-state index in [4.69, 9.17) is 4.74 Å². The Morgan fingerprint density at radius 1 is 1.05 bits per heavy atom. The minimum atomic E-state index is -0.336. The number of nitrogens with zero attached hydrogens (tertiary/aromatic N) is 2. The van der Waals surface area contributed by atoms with E-state index in [1.54, 1.807) is 6.20 Å². The molecule has 0 aliphatic carbocycles. The summed E-state index contributed by atoms with van der Waals surface area (Å²) in [6.45, 7) is 10.6. The van der Waals surface area contributed by atoms with E-state index in [-0.39, 0.29) is 34.0 Å². The first-order chi connectivity index (χ1) is 21.0. The Hall–Kier alpha value is -3.88. The largest absolute Gasteiger partial charge is 0.451 e. The number of amides is 1. The van der Waals surface area contributed by atoms with E-state index in [0.29, 0.717) is 28.4 Å². The Morgan fingerprint density at radius 3 is 2.48 bits per heavy atom. The smallest absolute Gasteiger partial charge is 0.257 e. The van der Waals surface area contributed by atoms with Crippen molar-refractivity contribution in [3.8, 4) is 17.2 Å². The molecule has 8 heteroatoms. The normalized spacial score (nSPS) is 20.8. The first kappa shape index (κ1) is 28.9. The Kier molecular flexibility index (Phi) is 6.98. The van der Waals surface area contributed by atoms with Gasteiger partial charge >= 0.3 is 0 Å². The number of hydrogen-bond donors (Lipinski definition) is 3. The van der Waals surface area contributed by atoms with Crippen LogP contribution < -0.4 is 26.1 Å². The summed E-state index contributed by atoms with van der Waals surface area (Å²) in [5.41, 5.74) is 1.94. The van der Waals surface area contributed by atoms with Crippen LogP contribution in [0.4, 0.5) is 5.69 Å². The molecule has 0 radical (unpaired) electrons. The summed E-state index contributed by atoms with van der Waals surface area (Å²) in [7, 11) is 2.20. The molecule has 0 saturated carbocycles. The van der Waals surface area contributed by atoms with E-state index in [9.17, 15) is 9.59 Å². The highest BCUT2D eigenvalue weighted by Crippen LogP contribution is 2.45. The summed E-state index contributed by atoms with van der Waals surface area (Å²) < 4.78 is 8.60. The fraction of sp³-hybridized carbons (Fsp3) is 0.444. The average Bonchev–Trinajstić information content (AvgIpc) is 3.36. The van der Waals surface area contributed by atoms with Gasteiger partial charge < -0.3 is 30.2 Å². The van der Waals surface area contributed by atoms with Crippen LogP contribution in [-0.4, -0.2) is 58.7 Å². The van der Waals surface area contributed by atoms with Crippen molar-refractivity contribution in [2.75, 3.05) is 25.5 Å². The molecule has 7 rings (SSSR count). The predicted octanol–water partition coefficient (Wildman–Crippen LogP) is 6.18. The van der Waals surface area contributed by atoms with Crippen LogP contribution in [0.3, 0.4) is 0 Å². The fourth-order valence-corrected chi connectivity index (χ4v) is 7.98. The van der Waals surface area contributed by atoms with E-state index < -0.39 is 0 Å². The van der Waals surface area contributed by atoms with Crippen molar-refractivity contribution < 1.29 is 9.53 Å². The van der Waals surface area contributed by atoms with E-state index in [0.717, 1.165) is 54.5 Å². The quantitative estimate of drug-likeness (QED) is 0.218. The van der Waals surface area contributed by atoms with Gasteiger partial charge in [-0.25, -0.2) is 0 Å². The Labute approximate surface area is 258 Å². The van der Waals surface area contributed by atoms with Gasteiger partial charge in [-0.05, 0) is 108 Å². The lowest BCUT2D eigenvalue weighted by atomic mass is 9.79. The van der Waals surface area contributed by atoms with Gasteiger partial charge in [-0.15, -0.1) is 0 Å². The molecule has 1 aromatic heterocycles. The fourth-order valence-electron chi connectivity index (χ4n) is 7.98. The highest BCUT2D eigenvalue weighted by molar-refractivity contribution is 6.02. The first-order valence-corrected chi connectivity index (χ1v) is 16.0. The van der Waals surface area contributed by atoms with Crippen LogP contribution in [0.25, 0.3) is 27.4 Å². The summed E-state index contributed by atoms with van der Waals surface area (Å²) >= 11 is 0. The first-order valence-electron chi connectivity index (χ1n) is 16.0. The van der Waals surface area contributed by atoms with Gasteiger partial charge in [0, 0.05) is 35.9 Å². The molecular formula is C36H43N5O3. The number of nitrogens with one attached hydrogen (secondary N) is 3. The number of carbonyl (C=O) groups is 1. The second-order valence-electron chi connectivity index (χ2n) is 14.3. The molecule has 1 atom stereocenters. The zero-order chi connectivity index (χ0) is 30.8. The van der Waals surface area contributed by atoms with Crippen LogP contribution >= 0.6 is 0 Å². The van der Waals surface area contributed by atoms with Gasteiger partial charge in [0.1, 0.15) is 11.1 Å². The molecule has 3 aromatic carbocycles. The highest BCUT2D eigenvalue weighted by Gasteiger charge is 2.38. The van der Waals surface area contributed by atoms with Crippen LogP contribution in [0, 0.1) is 0 Å². The van der Waals surface area contributed by atoms with Gasteiger partial charge in [-0.3, -0.25) is 9.59 Å². The van der Waals surface area contributed by atoms with E-state index in [2.05, 4.69) is 73.8 Å². The molecule has 230 valence electrons. The standard InChI is InChI=1S/C36H43N5O3/c1-35(2)19-24(20-36(3,4)39-35)38-34(43)27-21-41-29-17-22-9-6-7-10-23(22)18-30(29)44-33-28(13-12-26(31(33)41)32(27)42)37-15-14-25-11-8-16-40(25)5/h6-7,9-10,12-13,17-18,21,24-25,37,39H,8,11,14-16,19-20H2,1-5H3,(H,38,43). The van der Waals surface area contributed by atoms with Crippen LogP contribution in [0.2, 0.25) is 0 Å². The number of anilines is 1. The van der Waals surface area contributed by atoms with E-state index in [1.807, 2.05) is 34.9 Å². The third-order valence-electron chi connectivity index (χ3n) is 9.65. The molecule has 1 amide bonds. The lowest BCUT2D eigenvalue weighted by molar-refractivity contribution is 0.0871. The number of ether oxygens (including phenoxy) is 1. The van der Waals surface area contributed by atoms with Crippen molar-refractivity contribution in [1.29, 1.82) is 0 Å². The molecule has 3 aliphatic rings. The number of hydrogen-bond acceptors (Lipinski definition) is 6.